The maximum Gasteiger partial charge on any atom is 0.220 e. The van der Waals surface area contributed by atoms with Gasteiger partial charge in [-0.2, -0.15) is 0 Å². The summed E-state index contributed by atoms with van der Waals surface area (Å²) in [6, 6.07) is -0.937. The van der Waals surface area contributed by atoms with E-state index >= 15 is 0 Å². The molecule has 0 aromatic carbocycles. The molecule has 9 N–H and O–H groups in total. The number of hydrogen-bond acceptors (Lipinski definition) is 13. The fraction of sp³-hybridized carbons (Fsp3) is 0.780. The van der Waals surface area contributed by atoms with Gasteiger partial charge in [-0.15, -0.1) is 0 Å². The maximum atomic E-state index is 13.0. The average Bonchev–Trinajstić information content (AvgIpc) is 3.18. The van der Waals surface area contributed by atoms with Crippen molar-refractivity contribution in [3.05, 3.63) is 48.6 Å². The first-order valence-electron chi connectivity index (χ1n) is 20.4. The fourth-order valence-electron chi connectivity index (χ4n) is 6.31. The van der Waals surface area contributed by atoms with Crippen molar-refractivity contribution >= 4 is 5.91 Å². The Morgan fingerprint density at radius 3 is 1.87 bits per heavy atom. The lowest BCUT2D eigenvalue weighted by molar-refractivity contribution is -0.359. The number of ether oxygens (including phenoxy) is 4. The lowest BCUT2D eigenvalue weighted by atomic mass is 9.97. The van der Waals surface area contributed by atoms with Crippen molar-refractivity contribution < 1.29 is 64.6 Å². The second-order valence-corrected chi connectivity index (χ2v) is 14.4. The van der Waals surface area contributed by atoms with Crippen LogP contribution in [0, 0.1) is 0 Å². The topological polar surface area (TPSA) is 228 Å². The van der Waals surface area contributed by atoms with Crippen molar-refractivity contribution in [1.29, 1.82) is 0 Å². The van der Waals surface area contributed by atoms with Gasteiger partial charge in [0.25, 0.3) is 0 Å². The lowest BCUT2D eigenvalue weighted by Crippen LogP contribution is -2.65. The normalized spacial score (nSPS) is 30.2. The summed E-state index contributed by atoms with van der Waals surface area (Å²) in [6.07, 6.45) is 13.3. The highest BCUT2D eigenvalue weighted by molar-refractivity contribution is 5.76. The Kier molecular flexibility index (Phi) is 26.1. The minimum atomic E-state index is -1.79. The number of amides is 1. The van der Waals surface area contributed by atoms with Gasteiger partial charge in [-0.25, -0.2) is 0 Å². The van der Waals surface area contributed by atoms with Crippen LogP contribution < -0.4 is 5.32 Å². The summed E-state index contributed by atoms with van der Waals surface area (Å²) < 4.78 is 22.5. The summed E-state index contributed by atoms with van der Waals surface area (Å²) in [7, 11) is 0. The van der Waals surface area contributed by atoms with Crippen molar-refractivity contribution in [2.24, 2.45) is 0 Å². The van der Waals surface area contributed by atoms with Gasteiger partial charge in [0.05, 0.1) is 32.0 Å². The summed E-state index contributed by atoms with van der Waals surface area (Å²) in [5, 5.41) is 86.0. The summed E-state index contributed by atoms with van der Waals surface area (Å²) in [5.41, 5.74) is 0. The van der Waals surface area contributed by atoms with Gasteiger partial charge in [0.2, 0.25) is 5.91 Å². The molecule has 2 rings (SSSR count). The van der Waals surface area contributed by atoms with E-state index in [2.05, 4.69) is 55.6 Å². The Morgan fingerprint density at radius 2 is 1.22 bits per heavy atom. The van der Waals surface area contributed by atoms with Crippen LogP contribution in [0.4, 0.5) is 0 Å². The van der Waals surface area contributed by atoms with Gasteiger partial charge >= 0.3 is 0 Å². The Morgan fingerprint density at radius 1 is 0.655 bits per heavy atom. The summed E-state index contributed by atoms with van der Waals surface area (Å²) in [4.78, 5) is 13.0. The number of allylic oxidation sites excluding steroid dienone is 7. The molecule has 14 nitrogen and oxygen atoms in total. The van der Waals surface area contributed by atoms with Gasteiger partial charge in [-0.1, -0.05) is 94.6 Å². The number of unbranched alkanes of at least 4 members (excludes halogenated alkanes) is 9. The molecule has 2 heterocycles. The zero-order valence-corrected chi connectivity index (χ0v) is 32.9. The standard InChI is InChI=1S/C41H71NO13/c1-3-5-7-9-11-13-15-17-19-21-23-25-33(46)42-29(30(45)24-22-20-18-16-14-12-10-8-6-4-2)28-52-40-38(51)36(49)39(32(27-44)54-40)55-41-37(50)35(48)34(47)31(26-43)53-41/h6,8-9,11,14,16,22,24,29-32,34-41,43-45,47-51H,3-5,7,10,12-13,15,17-21,23,25-28H2,1-2H3,(H,42,46)/b8-6+,11-9-,16-14+,24-22+. The highest BCUT2D eigenvalue weighted by atomic mass is 16.7. The quantitative estimate of drug-likeness (QED) is 0.0411. The molecule has 1 amide bonds. The van der Waals surface area contributed by atoms with E-state index in [-0.39, 0.29) is 18.9 Å². The number of aliphatic hydroxyl groups is 8. The third-order valence-electron chi connectivity index (χ3n) is 9.73. The van der Waals surface area contributed by atoms with Crippen LogP contribution in [-0.2, 0) is 23.7 Å². The van der Waals surface area contributed by atoms with E-state index < -0.39 is 86.8 Å². The molecular formula is C41H71NO13. The molecule has 0 spiro atoms. The van der Waals surface area contributed by atoms with Crippen LogP contribution in [0.5, 0.6) is 0 Å². The van der Waals surface area contributed by atoms with E-state index in [1.807, 2.05) is 6.08 Å². The first-order valence-corrected chi connectivity index (χ1v) is 20.4. The summed E-state index contributed by atoms with van der Waals surface area (Å²) in [6.45, 7) is 2.53. The molecule has 12 unspecified atom stereocenters. The molecule has 2 saturated heterocycles. The average molecular weight is 786 g/mol. The number of rotatable bonds is 28. The molecule has 0 aromatic rings. The lowest BCUT2D eigenvalue weighted by Gasteiger charge is -2.46. The van der Waals surface area contributed by atoms with E-state index in [1.54, 1.807) is 6.08 Å². The second-order valence-electron chi connectivity index (χ2n) is 14.4. The van der Waals surface area contributed by atoms with Crippen LogP contribution in [0.3, 0.4) is 0 Å². The molecule has 2 fully saturated rings. The Hall–Kier alpha value is -2.05. The Bertz CT molecular complexity index is 1120. The maximum absolute atomic E-state index is 13.0. The van der Waals surface area contributed by atoms with Gasteiger partial charge in [0.1, 0.15) is 48.8 Å². The van der Waals surface area contributed by atoms with Gasteiger partial charge in [-0.05, 0) is 57.8 Å². The van der Waals surface area contributed by atoms with Gasteiger partial charge in [0, 0.05) is 6.42 Å². The molecule has 0 aliphatic carbocycles. The van der Waals surface area contributed by atoms with Crippen LogP contribution in [0.25, 0.3) is 0 Å². The number of hydrogen-bond donors (Lipinski definition) is 9. The van der Waals surface area contributed by atoms with Crippen molar-refractivity contribution in [2.75, 3.05) is 19.8 Å². The van der Waals surface area contributed by atoms with Crippen molar-refractivity contribution in [3.63, 3.8) is 0 Å². The highest BCUT2D eigenvalue weighted by Crippen LogP contribution is 2.29. The Balaban J connectivity index is 1.98. The van der Waals surface area contributed by atoms with Gasteiger partial charge < -0.3 is 65.1 Å². The molecule has 2 aliphatic rings. The number of carbonyl (C=O) groups excluding carboxylic acids is 1. The molecule has 0 saturated carbocycles. The number of aliphatic hydroxyl groups excluding tert-OH is 8. The summed E-state index contributed by atoms with van der Waals surface area (Å²) in [5.74, 6) is -0.272. The SMILES string of the molecule is CC/C=C/CC/C=C/CC/C=C/C(O)C(COC1OC(CO)C(OC2OC(CO)C(O)C(O)C2O)C(O)C1O)NC(=O)CCCCCCC/C=C\CCCC. The van der Waals surface area contributed by atoms with Gasteiger partial charge in [0.15, 0.2) is 12.6 Å². The molecular weight excluding hydrogens is 714 g/mol. The largest absolute Gasteiger partial charge is 0.394 e. The van der Waals surface area contributed by atoms with Crippen molar-refractivity contribution in [2.45, 2.75) is 184 Å². The van der Waals surface area contributed by atoms with Crippen molar-refractivity contribution in [1.82, 2.24) is 5.32 Å². The van der Waals surface area contributed by atoms with Crippen LogP contribution >= 0.6 is 0 Å². The molecule has 0 radical (unpaired) electrons. The first-order chi connectivity index (χ1) is 26.6. The monoisotopic (exact) mass is 785 g/mol. The van der Waals surface area contributed by atoms with Gasteiger partial charge in [-0.3, -0.25) is 4.79 Å². The Labute approximate surface area is 327 Å². The van der Waals surface area contributed by atoms with E-state index in [9.17, 15) is 45.6 Å². The number of nitrogens with one attached hydrogen (secondary N) is 1. The predicted molar refractivity (Wildman–Crippen MR) is 207 cm³/mol. The zero-order valence-electron chi connectivity index (χ0n) is 32.9. The molecule has 318 valence electrons. The fourth-order valence-corrected chi connectivity index (χ4v) is 6.31. The van der Waals surface area contributed by atoms with Crippen LogP contribution in [0.15, 0.2) is 48.6 Å². The number of carbonyl (C=O) groups is 1. The molecule has 0 bridgehead atoms. The van der Waals surface area contributed by atoms with E-state index in [4.69, 9.17) is 18.9 Å². The van der Waals surface area contributed by atoms with E-state index in [0.29, 0.717) is 12.8 Å². The smallest absolute Gasteiger partial charge is 0.220 e. The minimum Gasteiger partial charge on any atom is -0.394 e. The third-order valence-corrected chi connectivity index (χ3v) is 9.73. The molecule has 2 aliphatic heterocycles. The molecule has 12 atom stereocenters. The molecule has 55 heavy (non-hydrogen) atoms. The van der Waals surface area contributed by atoms with Crippen molar-refractivity contribution in [3.8, 4) is 0 Å². The third kappa shape index (κ3) is 18.4. The minimum absolute atomic E-state index is 0.257. The predicted octanol–water partition coefficient (Wildman–Crippen LogP) is 2.59. The molecule has 14 heteroatoms. The second kappa shape index (κ2) is 29.2. The highest BCUT2D eigenvalue weighted by Gasteiger charge is 2.50. The zero-order chi connectivity index (χ0) is 40.4. The van der Waals surface area contributed by atoms with Crippen LogP contribution in [0.2, 0.25) is 0 Å². The first kappa shape index (κ1) is 49.1. The van der Waals surface area contributed by atoms with E-state index in [0.717, 1.165) is 64.2 Å². The van der Waals surface area contributed by atoms with Crippen LogP contribution in [0.1, 0.15) is 110 Å². The summed E-state index contributed by atoms with van der Waals surface area (Å²) >= 11 is 0. The van der Waals surface area contributed by atoms with E-state index in [1.165, 1.54) is 12.8 Å². The molecule has 0 aromatic heterocycles. The van der Waals surface area contributed by atoms with Crippen LogP contribution in [-0.4, -0.2) is 140 Å².